The van der Waals surface area contributed by atoms with E-state index in [2.05, 4.69) is 22.5 Å². The second kappa shape index (κ2) is 5.73. The first-order valence-corrected chi connectivity index (χ1v) is 7.30. The average Bonchev–Trinajstić information content (AvgIpc) is 2.76. The standard InChI is InChI=1S/C17H16ClN3O/c1-10-5-13(18)9-15(6-10)20-11(2)19-14-3-4-16-12(7-14)8-17(22)21-16/h3-7,9,19-20H,2,8H2,1H3,(H,21,22). The Morgan fingerprint density at radius 2 is 1.95 bits per heavy atom. The van der Waals surface area contributed by atoms with Gasteiger partial charge >= 0.3 is 0 Å². The fraction of sp³-hybridized carbons (Fsp3) is 0.118. The number of anilines is 3. The van der Waals surface area contributed by atoms with E-state index in [4.69, 9.17) is 11.6 Å². The Balaban J connectivity index is 1.69. The van der Waals surface area contributed by atoms with Crippen LogP contribution in [-0.2, 0) is 11.2 Å². The molecule has 0 spiro atoms. The Kier molecular flexibility index (Phi) is 3.77. The number of hydrogen-bond donors (Lipinski definition) is 3. The lowest BCUT2D eigenvalue weighted by Gasteiger charge is -2.14. The number of hydrogen-bond acceptors (Lipinski definition) is 3. The SMILES string of the molecule is C=C(Nc1cc(C)cc(Cl)c1)Nc1ccc2c(c1)CC(=O)N2. The molecule has 0 radical (unpaired) electrons. The molecule has 22 heavy (non-hydrogen) atoms. The van der Waals surface area contributed by atoms with Crippen LogP contribution in [0.2, 0.25) is 5.02 Å². The van der Waals surface area contributed by atoms with E-state index in [0.29, 0.717) is 17.3 Å². The van der Waals surface area contributed by atoms with Gasteiger partial charge in [0.1, 0.15) is 5.82 Å². The molecule has 1 aliphatic rings. The maximum Gasteiger partial charge on any atom is 0.228 e. The van der Waals surface area contributed by atoms with Crippen molar-refractivity contribution < 1.29 is 4.79 Å². The molecular formula is C17H16ClN3O. The number of nitrogens with one attached hydrogen (secondary N) is 3. The van der Waals surface area contributed by atoms with Crippen LogP contribution in [0.25, 0.3) is 0 Å². The van der Waals surface area contributed by atoms with Gasteiger partial charge in [-0.3, -0.25) is 4.79 Å². The van der Waals surface area contributed by atoms with E-state index in [1.807, 2.05) is 43.3 Å². The van der Waals surface area contributed by atoms with Crippen molar-refractivity contribution in [3.63, 3.8) is 0 Å². The summed E-state index contributed by atoms with van der Waals surface area (Å²) in [5.74, 6) is 0.664. The molecule has 5 heteroatoms. The molecular weight excluding hydrogens is 298 g/mol. The molecule has 0 atom stereocenters. The summed E-state index contributed by atoms with van der Waals surface area (Å²) in [7, 11) is 0. The lowest BCUT2D eigenvalue weighted by atomic mass is 10.1. The van der Waals surface area contributed by atoms with Gasteiger partial charge < -0.3 is 16.0 Å². The first-order valence-electron chi connectivity index (χ1n) is 6.92. The maximum atomic E-state index is 11.4. The number of carbonyl (C=O) groups is 1. The van der Waals surface area contributed by atoms with Crippen molar-refractivity contribution in [2.24, 2.45) is 0 Å². The van der Waals surface area contributed by atoms with Crippen molar-refractivity contribution in [2.45, 2.75) is 13.3 Å². The molecule has 3 rings (SSSR count). The summed E-state index contributed by atoms with van der Waals surface area (Å²) in [6.07, 6.45) is 0.415. The van der Waals surface area contributed by atoms with Crippen molar-refractivity contribution in [1.82, 2.24) is 0 Å². The van der Waals surface area contributed by atoms with E-state index in [1.165, 1.54) is 0 Å². The van der Waals surface area contributed by atoms with E-state index in [9.17, 15) is 4.79 Å². The maximum absolute atomic E-state index is 11.4. The monoisotopic (exact) mass is 313 g/mol. The molecule has 0 saturated carbocycles. The van der Waals surface area contributed by atoms with Crippen LogP contribution in [0.15, 0.2) is 48.8 Å². The lowest BCUT2D eigenvalue weighted by Crippen LogP contribution is -2.08. The summed E-state index contributed by atoms with van der Waals surface area (Å²) in [6, 6.07) is 11.5. The molecule has 1 aliphatic heterocycles. The van der Waals surface area contributed by atoms with E-state index in [1.54, 1.807) is 0 Å². The number of fused-ring (bicyclic) bond motifs is 1. The second-order valence-electron chi connectivity index (χ2n) is 5.34. The number of rotatable bonds is 4. The summed E-state index contributed by atoms with van der Waals surface area (Å²) in [5.41, 5.74) is 4.69. The summed E-state index contributed by atoms with van der Waals surface area (Å²) >= 11 is 6.04. The highest BCUT2D eigenvalue weighted by Gasteiger charge is 2.17. The van der Waals surface area contributed by atoms with Gasteiger partial charge in [-0.05, 0) is 54.4 Å². The van der Waals surface area contributed by atoms with Crippen molar-refractivity contribution in [2.75, 3.05) is 16.0 Å². The lowest BCUT2D eigenvalue weighted by molar-refractivity contribution is -0.115. The average molecular weight is 314 g/mol. The van der Waals surface area contributed by atoms with Gasteiger partial charge in [0.05, 0.1) is 6.42 Å². The number of halogens is 1. The summed E-state index contributed by atoms with van der Waals surface area (Å²) in [4.78, 5) is 11.4. The van der Waals surface area contributed by atoms with Crippen LogP contribution < -0.4 is 16.0 Å². The molecule has 1 heterocycles. The Hall–Kier alpha value is -2.46. The smallest absolute Gasteiger partial charge is 0.228 e. The minimum absolute atomic E-state index is 0.0264. The van der Waals surface area contributed by atoms with Crippen LogP contribution in [0.5, 0.6) is 0 Å². The van der Waals surface area contributed by atoms with Gasteiger partial charge in [0.2, 0.25) is 5.91 Å². The number of aryl methyl sites for hydroxylation is 1. The molecule has 3 N–H and O–H groups in total. The van der Waals surface area contributed by atoms with Crippen LogP contribution in [0.1, 0.15) is 11.1 Å². The highest BCUT2D eigenvalue weighted by atomic mass is 35.5. The Morgan fingerprint density at radius 1 is 1.18 bits per heavy atom. The summed E-state index contributed by atoms with van der Waals surface area (Å²) in [5, 5.41) is 9.85. The Bertz CT molecular complexity index is 750. The van der Waals surface area contributed by atoms with Gasteiger partial charge in [0.15, 0.2) is 0 Å². The molecule has 2 aromatic rings. The Labute approximate surface area is 134 Å². The normalized spacial score (nSPS) is 12.5. The molecule has 2 aromatic carbocycles. The fourth-order valence-corrected chi connectivity index (χ4v) is 2.78. The zero-order chi connectivity index (χ0) is 15.7. The number of amides is 1. The summed E-state index contributed by atoms with van der Waals surface area (Å²) in [6.45, 7) is 5.95. The number of benzene rings is 2. The molecule has 0 saturated heterocycles. The van der Waals surface area contributed by atoms with Crippen molar-refractivity contribution >= 4 is 34.6 Å². The minimum Gasteiger partial charge on any atom is -0.342 e. The van der Waals surface area contributed by atoms with Gasteiger partial charge in [-0.2, -0.15) is 0 Å². The third-order valence-electron chi connectivity index (χ3n) is 3.36. The van der Waals surface area contributed by atoms with Crippen LogP contribution >= 0.6 is 11.6 Å². The number of carbonyl (C=O) groups excluding carboxylic acids is 1. The molecule has 0 aromatic heterocycles. The third kappa shape index (κ3) is 3.23. The van der Waals surface area contributed by atoms with Crippen molar-refractivity contribution in [1.29, 1.82) is 0 Å². The highest BCUT2D eigenvalue weighted by Crippen LogP contribution is 2.27. The zero-order valence-corrected chi connectivity index (χ0v) is 12.9. The van der Waals surface area contributed by atoms with Gasteiger partial charge in [-0.1, -0.05) is 18.2 Å². The quantitative estimate of drug-likeness (QED) is 0.795. The van der Waals surface area contributed by atoms with Crippen LogP contribution in [0.3, 0.4) is 0 Å². The van der Waals surface area contributed by atoms with Crippen LogP contribution in [-0.4, -0.2) is 5.91 Å². The van der Waals surface area contributed by atoms with Gasteiger partial charge in [0.25, 0.3) is 0 Å². The first-order chi connectivity index (χ1) is 10.5. The van der Waals surface area contributed by atoms with Gasteiger partial charge in [0, 0.05) is 22.1 Å². The van der Waals surface area contributed by atoms with E-state index in [-0.39, 0.29) is 5.91 Å². The highest BCUT2D eigenvalue weighted by molar-refractivity contribution is 6.30. The molecule has 4 nitrogen and oxygen atoms in total. The van der Waals surface area contributed by atoms with Gasteiger partial charge in [-0.15, -0.1) is 0 Å². The molecule has 0 fully saturated rings. The molecule has 0 unspecified atom stereocenters. The summed E-state index contributed by atoms with van der Waals surface area (Å²) < 4.78 is 0. The van der Waals surface area contributed by atoms with Crippen molar-refractivity contribution in [3.8, 4) is 0 Å². The predicted molar refractivity (Wildman–Crippen MR) is 91.4 cm³/mol. The molecule has 0 aliphatic carbocycles. The first kappa shape index (κ1) is 14.5. The predicted octanol–water partition coefficient (Wildman–Crippen LogP) is 4.14. The molecule has 112 valence electrons. The van der Waals surface area contributed by atoms with E-state index in [0.717, 1.165) is 28.2 Å². The fourth-order valence-electron chi connectivity index (χ4n) is 2.50. The van der Waals surface area contributed by atoms with Crippen LogP contribution in [0.4, 0.5) is 17.1 Å². The molecule has 0 bridgehead atoms. The Morgan fingerprint density at radius 3 is 2.73 bits per heavy atom. The topological polar surface area (TPSA) is 53.2 Å². The van der Waals surface area contributed by atoms with Gasteiger partial charge in [-0.25, -0.2) is 0 Å². The van der Waals surface area contributed by atoms with Crippen molar-refractivity contribution in [3.05, 3.63) is 64.9 Å². The minimum atomic E-state index is 0.0264. The van der Waals surface area contributed by atoms with Crippen LogP contribution in [0, 0.1) is 6.92 Å². The third-order valence-corrected chi connectivity index (χ3v) is 3.58. The molecule has 1 amide bonds. The zero-order valence-electron chi connectivity index (χ0n) is 12.2. The second-order valence-corrected chi connectivity index (χ2v) is 5.78. The van der Waals surface area contributed by atoms with E-state index < -0.39 is 0 Å². The largest absolute Gasteiger partial charge is 0.342 e. The van der Waals surface area contributed by atoms with E-state index >= 15 is 0 Å².